The van der Waals surface area contributed by atoms with Crippen LogP contribution in [0.2, 0.25) is 0 Å². The number of hydrogen-bond donors (Lipinski definition) is 2. The van der Waals surface area contributed by atoms with Crippen LogP contribution in [0.25, 0.3) is 0 Å². The fraction of sp³-hybridized carbons (Fsp3) is 0.0769. The number of nitrogen functional groups attached to an aromatic ring is 1. The number of nitrogens with zero attached hydrogens (tertiary/aromatic N) is 2. The summed E-state index contributed by atoms with van der Waals surface area (Å²) in [6.45, 7) is 1.57. The molecule has 0 radical (unpaired) electrons. The molecule has 0 unspecified atom stereocenters. The molecule has 0 aliphatic carbocycles. The molecule has 2 rings (SSSR count). The molecule has 102 valence electrons. The highest BCUT2D eigenvalue weighted by molar-refractivity contribution is 6.07. The zero-order valence-corrected chi connectivity index (χ0v) is 10.7. The predicted molar refractivity (Wildman–Crippen MR) is 74.4 cm³/mol. The molecule has 0 fully saturated rings. The number of carbonyl (C=O) groups is 1. The number of rotatable bonds is 3. The Hall–Kier alpha value is -2.96. The zero-order chi connectivity index (χ0) is 14.7. The van der Waals surface area contributed by atoms with Crippen molar-refractivity contribution in [2.45, 2.75) is 6.92 Å². The molecular weight excluding hydrogens is 260 g/mol. The third kappa shape index (κ3) is 2.56. The maximum atomic E-state index is 12.1. The van der Waals surface area contributed by atoms with Crippen LogP contribution in [-0.2, 0) is 0 Å². The molecule has 0 spiro atoms. The Labute approximate surface area is 114 Å². The molecule has 7 heteroatoms. The van der Waals surface area contributed by atoms with Gasteiger partial charge in [-0.1, -0.05) is 6.07 Å². The molecule has 0 aliphatic rings. The summed E-state index contributed by atoms with van der Waals surface area (Å²) in [6.07, 6.45) is 1.48. The minimum absolute atomic E-state index is 0.0537. The Kier molecular flexibility index (Phi) is 3.60. The van der Waals surface area contributed by atoms with E-state index >= 15 is 0 Å². The average Bonchev–Trinajstić information content (AvgIpc) is 2.41. The molecule has 2 aromatic rings. The summed E-state index contributed by atoms with van der Waals surface area (Å²) in [7, 11) is 0. The fourth-order valence-electron chi connectivity index (χ4n) is 1.76. The molecule has 20 heavy (non-hydrogen) atoms. The summed E-state index contributed by atoms with van der Waals surface area (Å²) in [5.41, 5.74) is 6.53. The van der Waals surface area contributed by atoms with Gasteiger partial charge in [-0.15, -0.1) is 0 Å². The number of carbonyl (C=O) groups excluding carboxylic acids is 1. The Morgan fingerprint density at radius 2 is 2.10 bits per heavy atom. The van der Waals surface area contributed by atoms with Gasteiger partial charge in [-0.2, -0.15) is 0 Å². The second kappa shape index (κ2) is 5.35. The lowest BCUT2D eigenvalue weighted by Gasteiger charge is -2.09. The average molecular weight is 272 g/mol. The van der Waals surface area contributed by atoms with E-state index in [9.17, 15) is 14.9 Å². The Balaban J connectivity index is 2.32. The molecule has 1 aromatic heterocycles. The zero-order valence-electron chi connectivity index (χ0n) is 10.7. The standard InChI is InChI=1S/C13H12N4O3/c1-8-10(5-2-6-11(8)17(19)20)16-13(18)9-4-3-7-15-12(9)14/h2-7H,1H3,(H2,14,15)(H,16,18). The maximum absolute atomic E-state index is 12.1. The fourth-order valence-corrected chi connectivity index (χ4v) is 1.76. The first-order chi connectivity index (χ1) is 9.50. The van der Waals surface area contributed by atoms with Crippen LogP contribution in [0, 0.1) is 17.0 Å². The number of nitro benzene ring substituents is 1. The molecule has 1 aromatic carbocycles. The van der Waals surface area contributed by atoms with Crippen molar-refractivity contribution in [3.05, 3.63) is 57.8 Å². The van der Waals surface area contributed by atoms with E-state index in [1.54, 1.807) is 19.1 Å². The van der Waals surface area contributed by atoms with Crippen LogP contribution < -0.4 is 11.1 Å². The monoisotopic (exact) mass is 272 g/mol. The van der Waals surface area contributed by atoms with E-state index < -0.39 is 10.8 Å². The SMILES string of the molecule is Cc1c(NC(=O)c2cccnc2N)cccc1[N+](=O)[O-]. The number of nitrogens with one attached hydrogen (secondary N) is 1. The van der Waals surface area contributed by atoms with Crippen molar-refractivity contribution in [3.8, 4) is 0 Å². The van der Waals surface area contributed by atoms with Gasteiger partial charge in [0.15, 0.2) is 0 Å². The topological polar surface area (TPSA) is 111 Å². The number of aromatic nitrogens is 1. The lowest BCUT2D eigenvalue weighted by atomic mass is 10.1. The number of nitrogens with two attached hydrogens (primary N) is 1. The largest absolute Gasteiger partial charge is 0.383 e. The third-order valence-electron chi connectivity index (χ3n) is 2.83. The van der Waals surface area contributed by atoms with Gasteiger partial charge in [-0.05, 0) is 25.1 Å². The van der Waals surface area contributed by atoms with Crippen molar-refractivity contribution in [3.63, 3.8) is 0 Å². The number of pyridine rings is 1. The molecule has 0 saturated heterocycles. The van der Waals surface area contributed by atoms with Crippen LogP contribution in [0.3, 0.4) is 0 Å². The van der Waals surface area contributed by atoms with E-state index in [1.807, 2.05) is 0 Å². The van der Waals surface area contributed by atoms with Gasteiger partial charge in [-0.25, -0.2) is 4.98 Å². The second-order valence-corrected chi connectivity index (χ2v) is 4.10. The van der Waals surface area contributed by atoms with Crippen molar-refractivity contribution in [1.29, 1.82) is 0 Å². The second-order valence-electron chi connectivity index (χ2n) is 4.10. The number of anilines is 2. The van der Waals surface area contributed by atoms with Gasteiger partial charge in [0.1, 0.15) is 5.82 Å². The van der Waals surface area contributed by atoms with E-state index in [0.717, 1.165) is 0 Å². The van der Waals surface area contributed by atoms with Gasteiger partial charge < -0.3 is 11.1 Å². The minimum Gasteiger partial charge on any atom is -0.383 e. The molecule has 1 heterocycles. The van der Waals surface area contributed by atoms with Crippen molar-refractivity contribution < 1.29 is 9.72 Å². The highest BCUT2D eigenvalue weighted by Gasteiger charge is 2.16. The Morgan fingerprint density at radius 1 is 1.35 bits per heavy atom. The number of hydrogen-bond acceptors (Lipinski definition) is 5. The maximum Gasteiger partial charge on any atom is 0.274 e. The van der Waals surface area contributed by atoms with Gasteiger partial charge in [0.05, 0.1) is 21.7 Å². The van der Waals surface area contributed by atoms with Crippen molar-refractivity contribution >= 4 is 23.1 Å². The van der Waals surface area contributed by atoms with Gasteiger partial charge in [0.25, 0.3) is 11.6 Å². The smallest absolute Gasteiger partial charge is 0.274 e. The lowest BCUT2D eigenvalue weighted by molar-refractivity contribution is -0.385. The lowest BCUT2D eigenvalue weighted by Crippen LogP contribution is -2.15. The summed E-state index contributed by atoms with van der Waals surface area (Å²) in [5, 5.41) is 13.4. The number of amides is 1. The van der Waals surface area contributed by atoms with Crippen molar-refractivity contribution in [2.75, 3.05) is 11.1 Å². The molecule has 3 N–H and O–H groups in total. The van der Waals surface area contributed by atoms with E-state index in [1.165, 1.54) is 24.4 Å². The van der Waals surface area contributed by atoms with E-state index in [-0.39, 0.29) is 17.1 Å². The highest BCUT2D eigenvalue weighted by Crippen LogP contribution is 2.25. The first kappa shape index (κ1) is 13.5. The van der Waals surface area contributed by atoms with Gasteiger partial charge >= 0.3 is 0 Å². The first-order valence-electron chi connectivity index (χ1n) is 5.76. The summed E-state index contributed by atoms with van der Waals surface area (Å²) < 4.78 is 0. The summed E-state index contributed by atoms with van der Waals surface area (Å²) in [5.74, 6) is -0.354. The molecule has 1 amide bonds. The van der Waals surface area contributed by atoms with Gasteiger partial charge in [0, 0.05) is 12.3 Å². The Morgan fingerprint density at radius 3 is 2.75 bits per heavy atom. The molecule has 0 aliphatic heterocycles. The van der Waals surface area contributed by atoms with Gasteiger partial charge in [0.2, 0.25) is 0 Å². The van der Waals surface area contributed by atoms with Gasteiger partial charge in [-0.3, -0.25) is 14.9 Å². The molecule has 0 atom stereocenters. The van der Waals surface area contributed by atoms with Crippen molar-refractivity contribution in [1.82, 2.24) is 4.98 Å². The van der Waals surface area contributed by atoms with Crippen LogP contribution in [0.1, 0.15) is 15.9 Å². The quantitative estimate of drug-likeness (QED) is 0.656. The van der Waals surface area contributed by atoms with Crippen LogP contribution in [0.15, 0.2) is 36.5 Å². The van der Waals surface area contributed by atoms with E-state index in [2.05, 4.69) is 10.3 Å². The number of nitro groups is 1. The summed E-state index contributed by atoms with van der Waals surface area (Å²) >= 11 is 0. The van der Waals surface area contributed by atoms with E-state index in [4.69, 9.17) is 5.73 Å². The molecular formula is C13H12N4O3. The minimum atomic E-state index is -0.497. The highest BCUT2D eigenvalue weighted by atomic mass is 16.6. The van der Waals surface area contributed by atoms with Crippen LogP contribution in [0.5, 0.6) is 0 Å². The van der Waals surface area contributed by atoms with Crippen LogP contribution >= 0.6 is 0 Å². The third-order valence-corrected chi connectivity index (χ3v) is 2.83. The Bertz CT molecular complexity index is 685. The normalized spacial score (nSPS) is 10.1. The van der Waals surface area contributed by atoms with E-state index in [0.29, 0.717) is 11.3 Å². The summed E-state index contributed by atoms with van der Waals surface area (Å²) in [4.78, 5) is 26.2. The molecule has 0 bridgehead atoms. The first-order valence-corrected chi connectivity index (χ1v) is 5.76. The summed E-state index contributed by atoms with van der Waals surface area (Å²) in [6, 6.07) is 7.60. The predicted octanol–water partition coefficient (Wildman–Crippen LogP) is 2.13. The van der Waals surface area contributed by atoms with Crippen molar-refractivity contribution in [2.24, 2.45) is 0 Å². The molecule has 7 nitrogen and oxygen atoms in total. The number of benzene rings is 1. The van der Waals surface area contributed by atoms with Crippen LogP contribution in [-0.4, -0.2) is 15.8 Å². The van der Waals surface area contributed by atoms with Crippen LogP contribution in [0.4, 0.5) is 17.2 Å². The molecule has 0 saturated carbocycles.